The van der Waals surface area contributed by atoms with E-state index in [2.05, 4.69) is 40.1 Å². The second-order valence-corrected chi connectivity index (χ2v) is 5.16. The van der Waals surface area contributed by atoms with Crippen LogP contribution in [0, 0.1) is 6.92 Å². The summed E-state index contributed by atoms with van der Waals surface area (Å²) in [6.45, 7) is 8.52. The van der Waals surface area contributed by atoms with Crippen LogP contribution in [0.3, 0.4) is 0 Å². The smallest absolute Gasteiger partial charge is 0.224 e. The maximum atomic E-state index is 4.65. The van der Waals surface area contributed by atoms with Crippen LogP contribution in [0.15, 0.2) is 6.07 Å². The third-order valence-electron chi connectivity index (χ3n) is 3.47. The first-order chi connectivity index (χ1) is 8.70. The van der Waals surface area contributed by atoms with Crippen LogP contribution in [0.2, 0.25) is 0 Å². The molecule has 1 aromatic rings. The van der Waals surface area contributed by atoms with Gasteiger partial charge in [-0.15, -0.1) is 0 Å². The van der Waals surface area contributed by atoms with E-state index >= 15 is 0 Å². The van der Waals surface area contributed by atoms with Crippen LogP contribution in [0.25, 0.3) is 0 Å². The van der Waals surface area contributed by atoms with Crippen molar-refractivity contribution in [1.82, 2.24) is 9.97 Å². The highest BCUT2D eigenvalue weighted by Gasteiger charge is 2.20. The van der Waals surface area contributed by atoms with Gasteiger partial charge in [0.25, 0.3) is 0 Å². The van der Waals surface area contributed by atoms with Gasteiger partial charge in [-0.25, -0.2) is 4.98 Å². The van der Waals surface area contributed by atoms with Crippen molar-refractivity contribution in [3.8, 4) is 0 Å². The summed E-state index contributed by atoms with van der Waals surface area (Å²) in [4.78, 5) is 11.5. The lowest BCUT2D eigenvalue weighted by Crippen LogP contribution is -2.38. The number of aryl methyl sites for hydroxylation is 1. The molecule has 1 unspecified atom stereocenters. The highest BCUT2D eigenvalue weighted by Crippen LogP contribution is 2.24. The topological polar surface area (TPSA) is 41.1 Å². The van der Waals surface area contributed by atoms with Crippen LogP contribution in [0.4, 0.5) is 11.8 Å². The van der Waals surface area contributed by atoms with Gasteiger partial charge in [-0.2, -0.15) is 4.98 Å². The molecule has 1 N–H and O–H groups in total. The Bertz CT molecular complexity index is 391. The molecule has 1 aromatic heterocycles. The second kappa shape index (κ2) is 6.03. The Hall–Kier alpha value is -1.32. The maximum Gasteiger partial charge on any atom is 0.224 e. The van der Waals surface area contributed by atoms with Crippen LogP contribution in [0.5, 0.6) is 0 Å². The van der Waals surface area contributed by atoms with Gasteiger partial charge in [0, 0.05) is 30.9 Å². The molecule has 2 heterocycles. The average Bonchev–Trinajstić information content (AvgIpc) is 2.36. The van der Waals surface area contributed by atoms with Crippen LogP contribution >= 0.6 is 0 Å². The van der Waals surface area contributed by atoms with Gasteiger partial charge in [-0.1, -0.05) is 6.92 Å². The molecule has 4 nitrogen and oxygen atoms in total. The third kappa shape index (κ3) is 3.12. The minimum absolute atomic E-state index is 0.590. The molecule has 1 atom stereocenters. The van der Waals surface area contributed by atoms with Gasteiger partial charge in [0.15, 0.2) is 0 Å². The van der Waals surface area contributed by atoms with Crippen molar-refractivity contribution >= 4 is 11.8 Å². The zero-order chi connectivity index (χ0) is 13.0. The Morgan fingerprint density at radius 1 is 1.39 bits per heavy atom. The van der Waals surface area contributed by atoms with Crippen molar-refractivity contribution in [3.05, 3.63) is 11.8 Å². The SMILES string of the molecule is CCCNc1nc(C)cc(N2CCCCC2C)n1. The molecule has 1 saturated heterocycles. The van der Waals surface area contributed by atoms with Crippen LogP contribution in [-0.4, -0.2) is 29.1 Å². The predicted molar refractivity (Wildman–Crippen MR) is 76.2 cm³/mol. The van der Waals surface area contributed by atoms with Crippen molar-refractivity contribution < 1.29 is 0 Å². The fraction of sp³-hybridized carbons (Fsp3) is 0.714. The van der Waals surface area contributed by atoms with E-state index in [0.29, 0.717) is 6.04 Å². The van der Waals surface area contributed by atoms with E-state index in [-0.39, 0.29) is 0 Å². The van der Waals surface area contributed by atoms with Gasteiger partial charge in [0.2, 0.25) is 5.95 Å². The summed E-state index contributed by atoms with van der Waals surface area (Å²) in [6.07, 6.45) is 4.96. The van der Waals surface area contributed by atoms with Crippen molar-refractivity contribution in [3.63, 3.8) is 0 Å². The summed E-state index contributed by atoms with van der Waals surface area (Å²) in [5.74, 6) is 1.85. The number of anilines is 2. The van der Waals surface area contributed by atoms with Gasteiger partial charge < -0.3 is 10.2 Å². The number of hydrogen-bond donors (Lipinski definition) is 1. The number of aromatic nitrogens is 2. The lowest BCUT2D eigenvalue weighted by Gasteiger charge is -2.34. The van der Waals surface area contributed by atoms with Crippen LogP contribution < -0.4 is 10.2 Å². The summed E-state index contributed by atoms with van der Waals surface area (Å²) in [6, 6.07) is 2.69. The number of rotatable bonds is 4. The number of hydrogen-bond acceptors (Lipinski definition) is 4. The molecule has 100 valence electrons. The van der Waals surface area contributed by atoms with Crippen molar-refractivity contribution in [1.29, 1.82) is 0 Å². The first-order valence-corrected chi connectivity index (χ1v) is 7.07. The minimum Gasteiger partial charge on any atom is -0.354 e. The first kappa shape index (κ1) is 13.1. The van der Waals surface area contributed by atoms with E-state index in [1.165, 1.54) is 19.3 Å². The molecule has 1 aliphatic rings. The first-order valence-electron chi connectivity index (χ1n) is 7.07. The normalized spacial score (nSPS) is 19.9. The van der Waals surface area contributed by atoms with Gasteiger partial charge in [-0.05, 0) is 39.5 Å². The predicted octanol–water partition coefficient (Wildman–Crippen LogP) is 2.99. The number of nitrogens with one attached hydrogen (secondary N) is 1. The standard InChI is InChI=1S/C14H24N4/c1-4-8-15-14-16-11(2)10-13(17-14)18-9-6-5-7-12(18)3/h10,12H,4-9H2,1-3H3,(H,15,16,17). The molecule has 0 radical (unpaired) electrons. The Labute approximate surface area is 110 Å². The molecule has 4 heteroatoms. The van der Waals surface area contributed by atoms with E-state index in [1.54, 1.807) is 0 Å². The van der Waals surface area contributed by atoms with Gasteiger partial charge in [-0.3, -0.25) is 0 Å². The molecule has 2 rings (SSSR count). The fourth-order valence-electron chi connectivity index (χ4n) is 2.45. The molecule has 0 saturated carbocycles. The lowest BCUT2D eigenvalue weighted by molar-refractivity contribution is 0.481. The van der Waals surface area contributed by atoms with Crippen LogP contribution in [0.1, 0.15) is 45.2 Å². The molecule has 0 spiro atoms. The summed E-state index contributed by atoms with van der Waals surface area (Å²) in [7, 11) is 0. The number of nitrogens with zero attached hydrogens (tertiary/aromatic N) is 3. The largest absolute Gasteiger partial charge is 0.354 e. The second-order valence-electron chi connectivity index (χ2n) is 5.16. The van der Waals surface area contributed by atoms with E-state index in [9.17, 15) is 0 Å². The molecule has 1 fully saturated rings. The number of piperidine rings is 1. The van der Waals surface area contributed by atoms with Crippen molar-refractivity contribution in [2.24, 2.45) is 0 Å². The molecule has 18 heavy (non-hydrogen) atoms. The zero-order valence-electron chi connectivity index (χ0n) is 11.7. The average molecular weight is 248 g/mol. The van der Waals surface area contributed by atoms with Gasteiger partial charge >= 0.3 is 0 Å². The van der Waals surface area contributed by atoms with Crippen molar-refractivity contribution in [2.75, 3.05) is 23.3 Å². The Morgan fingerprint density at radius 3 is 2.94 bits per heavy atom. The van der Waals surface area contributed by atoms with E-state index < -0.39 is 0 Å². The fourth-order valence-corrected chi connectivity index (χ4v) is 2.45. The molecule has 0 aromatic carbocycles. The Balaban J connectivity index is 2.18. The molecule has 1 aliphatic heterocycles. The third-order valence-corrected chi connectivity index (χ3v) is 3.47. The Kier molecular flexibility index (Phi) is 4.39. The van der Waals surface area contributed by atoms with Gasteiger partial charge in [0.05, 0.1) is 0 Å². The lowest BCUT2D eigenvalue weighted by atomic mass is 10.0. The molecule has 0 aliphatic carbocycles. The van der Waals surface area contributed by atoms with Crippen LogP contribution in [-0.2, 0) is 0 Å². The van der Waals surface area contributed by atoms with E-state index in [1.807, 2.05) is 6.92 Å². The van der Waals surface area contributed by atoms with Gasteiger partial charge in [0.1, 0.15) is 5.82 Å². The monoisotopic (exact) mass is 248 g/mol. The Morgan fingerprint density at radius 2 is 2.22 bits per heavy atom. The molecule has 0 bridgehead atoms. The molecule has 0 amide bonds. The maximum absolute atomic E-state index is 4.65. The highest BCUT2D eigenvalue weighted by molar-refractivity contribution is 5.45. The summed E-state index contributed by atoms with van der Waals surface area (Å²) in [5, 5.41) is 3.28. The quantitative estimate of drug-likeness (QED) is 0.889. The van der Waals surface area contributed by atoms with E-state index in [0.717, 1.165) is 37.0 Å². The summed E-state index contributed by atoms with van der Waals surface area (Å²) >= 11 is 0. The summed E-state index contributed by atoms with van der Waals surface area (Å²) in [5.41, 5.74) is 1.04. The molecular formula is C14H24N4. The summed E-state index contributed by atoms with van der Waals surface area (Å²) < 4.78 is 0. The highest BCUT2D eigenvalue weighted by atomic mass is 15.2. The van der Waals surface area contributed by atoms with Crippen molar-refractivity contribution in [2.45, 2.75) is 52.5 Å². The minimum atomic E-state index is 0.590. The van der Waals surface area contributed by atoms with E-state index in [4.69, 9.17) is 0 Å². The molecular weight excluding hydrogens is 224 g/mol. The zero-order valence-corrected chi connectivity index (χ0v) is 11.7.